The molecule has 2 nitrogen and oxygen atoms in total. The summed E-state index contributed by atoms with van der Waals surface area (Å²) in [6.45, 7) is 6.76. The first-order valence-electron chi connectivity index (χ1n) is 6.50. The molecule has 2 heteroatoms. The molecule has 2 aromatic rings. The van der Waals surface area contributed by atoms with Crippen LogP contribution in [0.25, 0.3) is 0 Å². The quantitative estimate of drug-likeness (QED) is 0.904. The van der Waals surface area contributed by atoms with Crippen molar-refractivity contribution in [1.29, 1.82) is 0 Å². The predicted octanol–water partition coefficient (Wildman–Crippen LogP) is 3.68. The van der Waals surface area contributed by atoms with E-state index in [4.69, 9.17) is 4.74 Å². The van der Waals surface area contributed by atoms with Crippen molar-refractivity contribution in [2.24, 2.45) is 0 Å². The third kappa shape index (κ3) is 3.15. The first-order valence-corrected chi connectivity index (χ1v) is 6.50. The van der Waals surface area contributed by atoms with Gasteiger partial charge in [0, 0.05) is 0 Å². The molecule has 0 amide bonds. The van der Waals surface area contributed by atoms with E-state index in [1.807, 2.05) is 38.1 Å². The van der Waals surface area contributed by atoms with Crippen LogP contribution in [0.15, 0.2) is 36.4 Å². The Morgan fingerprint density at radius 3 is 2.16 bits per heavy atom. The third-order valence-electron chi connectivity index (χ3n) is 3.34. The van der Waals surface area contributed by atoms with Gasteiger partial charge < -0.3 is 9.84 Å². The van der Waals surface area contributed by atoms with Gasteiger partial charge in [-0.2, -0.15) is 0 Å². The minimum atomic E-state index is 0.0692. The standard InChI is InChI=1S/C17H20O2/c1-12-6-4-5-7-16(12)11-19-17-13(2)8-15(10-18)9-14(17)3/h4-9,18H,10-11H2,1-3H3. The fourth-order valence-corrected chi connectivity index (χ4v) is 2.28. The van der Waals surface area contributed by atoms with E-state index in [0.717, 1.165) is 22.4 Å². The lowest BCUT2D eigenvalue weighted by Gasteiger charge is -2.14. The Kier molecular flexibility index (Phi) is 4.23. The van der Waals surface area contributed by atoms with Crippen LogP contribution in [0.3, 0.4) is 0 Å². The maximum Gasteiger partial charge on any atom is 0.125 e. The number of aliphatic hydroxyl groups is 1. The van der Waals surface area contributed by atoms with Crippen molar-refractivity contribution in [1.82, 2.24) is 0 Å². The number of hydrogen-bond acceptors (Lipinski definition) is 2. The highest BCUT2D eigenvalue weighted by Gasteiger charge is 2.07. The number of ether oxygens (including phenoxy) is 1. The summed E-state index contributed by atoms with van der Waals surface area (Å²) in [4.78, 5) is 0. The Hall–Kier alpha value is -1.80. The van der Waals surface area contributed by atoms with Crippen LogP contribution in [0.4, 0.5) is 0 Å². The molecule has 0 aromatic heterocycles. The molecule has 0 saturated carbocycles. The minimum absolute atomic E-state index is 0.0692. The molecule has 0 radical (unpaired) electrons. The van der Waals surface area contributed by atoms with Crippen LogP contribution in [0, 0.1) is 20.8 Å². The molecule has 0 atom stereocenters. The molecule has 0 saturated heterocycles. The van der Waals surface area contributed by atoms with Gasteiger partial charge in [0.05, 0.1) is 6.61 Å². The molecule has 0 aliphatic rings. The molecule has 0 spiro atoms. The zero-order chi connectivity index (χ0) is 13.8. The maximum atomic E-state index is 9.18. The Morgan fingerprint density at radius 1 is 0.947 bits per heavy atom. The molecule has 0 bridgehead atoms. The predicted molar refractivity (Wildman–Crippen MR) is 77.3 cm³/mol. The molecule has 0 heterocycles. The van der Waals surface area contributed by atoms with E-state index in [0.29, 0.717) is 6.61 Å². The smallest absolute Gasteiger partial charge is 0.125 e. The summed E-state index contributed by atoms with van der Waals surface area (Å²) in [5.74, 6) is 0.917. The molecule has 0 fully saturated rings. The van der Waals surface area contributed by atoms with E-state index >= 15 is 0 Å². The molecular formula is C17H20O2. The number of aliphatic hydroxyl groups excluding tert-OH is 1. The van der Waals surface area contributed by atoms with Gasteiger partial charge in [0.1, 0.15) is 12.4 Å². The van der Waals surface area contributed by atoms with Gasteiger partial charge in [-0.25, -0.2) is 0 Å². The number of hydrogen-bond donors (Lipinski definition) is 1. The Labute approximate surface area is 114 Å². The maximum absolute atomic E-state index is 9.18. The zero-order valence-electron chi connectivity index (χ0n) is 11.7. The van der Waals surface area contributed by atoms with Crippen molar-refractivity contribution in [2.45, 2.75) is 34.0 Å². The van der Waals surface area contributed by atoms with Crippen molar-refractivity contribution in [3.63, 3.8) is 0 Å². The van der Waals surface area contributed by atoms with Gasteiger partial charge in [-0.15, -0.1) is 0 Å². The van der Waals surface area contributed by atoms with E-state index in [9.17, 15) is 5.11 Å². The van der Waals surface area contributed by atoms with Crippen molar-refractivity contribution in [2.75, 3.05) is 0 Å². The SMILES string of the molecule is Cc1ccccc1COc1c(C)cc(CO)cc1C. The van der Waals surface area contributed by atoms with Gasteiger partial charge in [-0.05, 0) is 48.6 Å². The summed E-state index contributed by atoms with van der Waals surface area (Å²) in [5, 5.41) is 9.18. The van der Waals surface area contributed by atoms with Gasteiger partial charge in [0.2, 0.25) is 0 Å². The van der Waals surface area contributed by atoms with E-state index in [1.165, 1.54) is 11.1 Å². The molecule has 100 valence electrons. The molecular weight excluding hydrogens is 236 g/mol. The fraction of sp³-hybridized carbons (Fsp3) is 0.294. The largest absolute Gasteiger partial charge is 0.488 e. The van der Waals surface area contributed by atoms with Crippen molar-refractivity contribution in [3.05, 3.63) is 64.2 Å². The third-order valence-corrected chi connectivity index (χ3v) is 3.34. The second-order valence-corrected chi connectivity index (χ2v) is 4.93. The summed E-state index contributed by atoms with van der Waals surface area (Å²) < 4.78 is 5.95. The van der Waals surface area contributed by atoms with Crippen LogP contribution in [0.2, 0.25) is 0 Å². The highest BCUT2D eigenvalue weighted by molar-refractivity contribution is 5.43. The zero-order valence-corrected chi connectivity index (χ0v) is 11.7. The van der Waals surface area contributed by atoms with Gasteiger partial charge in [0.15, 0.2) is 0 Å². The van der Waals surface area contributed by atoms with E-state index in [1.54, 1.807) is 0 Å². The molecule has 2 aromatic carbocycles. The second-order valence-electron chi connectivity index (χ2n) is 4.93. The average molecular weight is 256 g/mol. The molecule has 2 rings (SSSR count). The lowest BCUT2D eigenvalue weighted by Crippen LogP contribution is -2.01. The van der Waals surface area contributed by atoms with Gasteiger partial charge in [-0.1, -0.05) is 36.4 Å². The topological polar surface area (TPSA) is 29.5 Å². The van der Waals surface area contributed by atoms with E-state index < -0.39 is 0 Å². The van der Waals surface area contributed by atoms with E-state index in [-0.39, 0.29) is 6.61 Å². The second kappa shape index (κ2) is 5.89. The van der Waals surface area contributed by atoms with Crippen LogP contribution in [-0.4, -0.2) is 5.11 Å². The Morgan fingerprint density at radius 2 is 1.58 bits per heavy atom. The van der Waals surface area contributed by atoms with E-state index in [2.05, 4.69) is 19.1 Å². The van der Waals surface area contributed by atoms with Gasteiger partial charge in [0.25, 0.3) is 0 Å². The van der Waals surface area contributed by atoms with Crippen LogP contribution in [-0.2, 0) is 13.2 Å². The Bertz CT molecular complexity index is 550. The lowest BCUT2D eigenvalue weighted by molar-refractivity contribution is 0.280. The first kappa shape index (κ1) is 13.6. The molecule has 0 aliphatic heterocycles. The van der Waals surface area contributed by atoms with Crippen LogP contribution in [0.1, 0.15) is 27.8 Å². The molecule has 1 N–H and O–H groups in total. The van der Waals surface area contributed by atoms with Gasteiger partial charge >= 0.3 is 0 Å². The monoisotopic (exact) mass is 256 g/mol. The minimum Gasteiger partial charge on any atom is -0.488 e. The van der Waals surface area contributed by atoms with Crippen molar-refractivity contribution < 1.29 is 9.84 Å². The molecule has 0 aliphatic carbocycles. The van der Waals surface area contributed by atoms with Crippen LogP contribution in [0.5, 0.6) is 5.75 Å². The normalized spacial score (nSPS) is 10.5. The molecule has 0 unspecified atom stereocenters. The summed E-state index contributed by atoms with van der Waals surface area (Å²) in [5.41, 5.74) is 5.51. The van der Waals surface area contributed by atoms with Crippen LogP contribution < -0.4 is 4.74 Å². The summed E-state index contributed by atoms with van der Waals surface area (Å²) in [6.07, 6.45) is 0. The van der Waals surface area contributed by atoms with Crippen molar-refractivity contribution >= 4 is 0 Å². The highest BCUT2D eigenvalue weighted by atomic mass is 16.5. The highest BCUT2D eigenvalue weighted by Crippen LogP contribution is 2.26. The van der Waals surface area contributed by atoms with Crippen LogP contribution >= 0.6 is 0 Å². The van der Waals surface area contributed by atoms with Gasteiger partial charge in [-0.3, -0.25) is 0 Å². The number of benzene rings is 2. The summed E-state index contributed by atoms with van der Waals surface area (Å²) in [6, 6.07) is 12.2. The average Bonchev–Trinajstić information content (AvgIpc) is 2.39. The summed E-state index contributed by atoms with van der Waals surface area (Å²) in [7, 11) is 0. The first-order chi connectivity index (χ1) is 9.11. The number of aryl methyl sites for hydroxylation is 3. The Balaban J connectivity index is 2.18. The number of rotatable bonds is 4. The fourth-order valence-electron chi connectivity index (χ4n) is 2.28. The lowest BCUT2D eigenvalue weighted by atomic mass is 10.1. The van der Waals surface area contributed by atoms with Crippen molar-refractivity contribution in [3.8, 4) is 5.75 Å². The summed E-state index contributed by atoms with van der Waals surface area (Å²) >= 11 is 0. The molecule has 19 heavy (non-hydrogen) atoms.